The number of benzene rings is 1. The fourth-order valence-corrected chi connectivity index (χ4v) is 3.51. The van der Waals surface area contributed by atoms with Crippen LogP contribution < -0.4 is 5.32 Å². The van der Waals surface area contributed by atoms with Crippen LogP contribution in [0.15, 0.2) is 46.7 Å². The lowest BCUT2D eigenvalue weighted by atomic mass is 10.3. The highest BCUT2D eigenvalue weighted by atomic mass is 32.2. The number of urea groups is 1. The highest BCUT2D eigenvalue weighted by Crippen LogP contribution is 2.31. The largest absolute Gasteiger partial charge is 0.322 e. The van der Waals surface area contributed by atoms with E-state index in [0.29, 0.717) is 12.6 Å². The number of nitrogens with one attached hydrogen (secondary N) is 1. The standard InChI is InChI=1S/C16H18N2OS2/c1-20-15-7-3-2-6-14(15)17-16(19)18(12-8-9-12)11-13-5-4-10-21-13/h2-7,10,12H,8-9,11H2,1H3,(H,17,19). The van der Waals surface area contributed by atoms with Gasteiger partial charge in [-0.15, -0.1) is 23.1 Å². The van der Waals surface area contributed by atoms with Crippen molar-refractivity contribution in [2.24, 2.45) is 0 Å². The van der Waals surface area contributed by atoms with Crippen LogP contribution in [0.1, 0.15) is 17.7 Å². The molecule has 1 fully saturated rings. The summed E-state index contributed by atoms with van der Waals surface area (Å²) in [6, 6.07) is 12.5. The molecule has 2 amide bonds. The van der Waals surface area contributed by atoms with E-state index >= 15 is 0 Å². The number of hydrogen-bond donors (Lipinski definition) is 1. The Hall–Kier alpha value is -1.46. The van der Waals surface area contributed by atoms with Gasteiger partial charge in [0.05, 0.1) is 12.2 Å². The van der Waals surface area contributed by atoms with Gasteiger partial charge in [-0.05, 0) is 42.7 Å². The number of nitrogens with zero attached hydrogens (tertiary/aromatic N) is 1. The molecule has 110 valence electrons. The number of anilines is 1. The van der Waals surface area contributed by atoms with Gasteiger partial charge in [0.2, 0.25) is 0 Å². The van der Waals surface area contributed by atoms with Crippen LogP contribution in [0.4, 0.5) is 10.5 Å². The molecule has 1 heterocycles. The molecule has 1 aromatic heterocycles. The minimum atomic E-state index is 0.00685. The van der Waals surface area contributed by atoms with E-state index in [-0.39, 0.29) is 6.03 Å². The predicted molar refractivity (Wildman–Crippen MR) is 90.1 cm³/mol. The molecule has 1 N–H and O–H groups in total. The molecule has 5 heteroatoms. The SMILES string of the molecule is CSc1ccccc1NC(=O)N(Cc1cccs1)C1CC1. The van der Waals surface area contributed by atoms with E-state index in [1.54, 1.807) is 23.1 Å². The maximum atomic E-state index is 12.6. The Morgan fingerprint density at radius 3 is 2.81 bits per heavy atom. The monoisotopic (exact) mass is 318 g/mol. The number of carbonyl (C=O) groups excluding carboxylic acids is 1. The summed E-state index contributed by atoms with van der Waals surface area (Å²) in [4.78, 5) is 16.9. The van der Waals surface area contributed by atoms with Crippen LogP contribution in [-0.2, 0) is 6.54 Å². The Kier molecular flexibility index (Phi) is 4.51. The fraction of sp³-hybridized carbons (Fsp3) is 0.312. The van der Waals surface area contributed by atoms with Gasteiger partial charge in [-0.2, -0.15) is 0 Å². The van der Waals surface area contributed by atoms with Gasteiger partial charge in [0.1, 0.15) is 0 Å². The maximum absolute atomic E-state index is 12.6. The van der Waals surface area contributed by atoms with E-state index < -0.39 is 0 Å². The Balaban J connectivity index is 1.72. The van der Waals surface area contributed by atoms with Crippen LogP contribution in [0, 0.1) is 0 Å². The van der Waals surface area contributed by atoms with Gasteiger partial charge in [0.15, 0.2) is 0 Å². The minimum absolute atomic E-state index is 0.00685. The Labute approximate surface area is 133 Å². The molecule has 0 aliphatic heterocycles. The lowest BCUT2D eigenvalue weighted by molar-refractivity contribution is 0.206. The molecule has 0 radical (unpaired) electrons. The first-order chi connectivity index (χ1) is 10.3. The van der Waals surface area contributed by atoms with E-state index in [4.69, 9.17) is 0 Å². The van der Waals surface area contributed by atoms with Gasteiger partial charge in [0, 0.05) is 15.8 Å². The molecule has 2 aromatic rings. The number of hydrogen-bond acceptors (Lipinski definition) is 3. The van der Waals surface area contributed by atoms with E-state index in [1.807, 2.05) is 41.5 Å². The Morgan fingerprint density at radius 2 is 2.14 bits per heavy atom. The molecule has 0 saturated heterocycles. The molecule has 1 aromatic carbocycles. The maximum Gasteiger partial charge on any atom is 0.322 e. The molecular weight excluding hydrogens is 300 g/mol. The van der Waals surface area contributed by atoms with Crippen molar-refractivity contribution in [2.45, 2.75) is 30.3 Å². The molecule has 21 heavy (non-hydrogen) atoms. The predicted octanol–water partition coefficient (Wildman–Crippen LogP) is 4.67. The average molecular weight is 318 g/mol. The van der Waals surface area contributed by atoms with Crippen LogP contribution in [0.5, 0.6) is 0 Å². The summed E-state index contributed by atoms with van der Waals surface area (Å²) in [5, 5.41) is 5.12. The van der Waals surface area contributed by atoms with Crippen LogP contribution in [0.25, 0.3) is 0 Å². The summed E-state index contributed by atoms with van der Waals surface area (Å²) in [5.74, 6) is 0. The zero-order valence-electron chi connectivity index (χ0n) is 11.9. The lowest BCUT2D eigenvalue weighted by Crippen LogP contribution is -2.36. The highest BCUT2D eigenvalue weighted by molar-refractivity contribution is 7.98. The third-order valence-electron chi connectivity index (χ3n) is 3.50. The molecule has 0 atom stereocenters. The van der Waals surface area contributed by atoms with Gasteiger partial charge >= 0.3 is 6.03 Å². The smallest absolute Gasteiger partial charge is 0.316 e. The molecule has 1 saturated carbocycles. The van der Waals surface area contributed by atoms with Crippen molar-refractivity contribution < 1.29 is 4.79 Å². The van der Waals surface area contributed by atoms with Crippen molar-refractivity contribution in [2.75, 3.05) is 11.6 Å². The summed E-state index contributed by atoms with van der Waals surface area (Å²) >= 11 is 3.35. The van der Waals surface area contributed by atoms with Gasteiger partial charge in [-0.1, -0.05) is 18.2 Å². The Morgan fingerprint density at radius 1 is 1.33 bits per heavy atom. The Bertz CT molecular complexity index is 608. The van der Waals surface area contributed by atoms with Crippen LogP contribution in [0.2, 0.25) is 0 Å². The van der Waals surface area contributed by atoms with Crippen molar-refractivity contribution in [3.8, 4) is 0 Å². The molecule has 3 nitrogen and oxygen atoms in total. The van der Waals surface area contributed by atoms with Crippen molar-refractivity contribution >= 4 is 34.8 Å². The number of amides is 2. The zero-order valence-corrected chi connectivity index (χ0v) is 13.5. The first-order valence-corrected chi connectivity index (χ1v) is 9.11. The van der Waals surface area contributed by atoms with Gasteiger partial charge in [-0.25, -0.2) is 4.79 Å². The van der Waals surface area contributed by atoms with Crippen molar-refractivity contribution in [3.05, 3.63) is 46.7 Å². The zero-order chi connectivity index (χ0) is 14.7. The quantitative estimate of drug-likeness (QED) is 0.813. The summed E-state index contributed by atoms with van der Waals surface area (Å²) in [5.41, 5.74) is 0.895. The number of rotatable bonds is 5. The minimum Gasteiger partial charge on any atom is -0.316 e. The molecule has 0 bridgehead atoms. The first kappa shape index (κ1) is 14.5. The third-order valence-corrected chi connectivity index (χ3v) is 5.16. The van der Waals surface area contributed by atoms with Crippen LogP contribution in [-0.4, -0.2) is 23.2 Å². The van der Waals surface area contributed by atoms with Crippen molar-refractivity contribution in [1.29, 1.82) is 0 Å². The number of para-hydroxylation sites is 1. The number of carbonyl (C=O) groups is 1. The summed E-state index contributed by atoms with van der Waals surface area (Å²) < 4.78 is 0. The normalized spacial score (nSPS) is 14.0. The van der Waals surface area contributed by atoms with E-state index in [0.717, 1.165) is 23.4 Å². The van der Waals surface area contributed by atoms with Gasteiger partial charge in [0.25, 0.3) is 0 Å². The second-order valence-corrected chi connectivity index (χ2v) is 6.95. The average Bonchev–Trinajstić information content (AvgIpc) is 3.21. The number of thioether (sulfide) groups is 1. The number of thiophene rings is 1. The topological polar surface area (TPSA) is 32.3 Å². The molecular formula is C16H18N2OS2. The van der Waals surface area contributed by atoms with Gasteiger partial charge < -0.3 is 10.2 Å². The van der Waals surface area contributed by atoms with Crippen molar-refractivity contribution in [3.63, 3.8) is 0 Å². The second-order valence-electron chi connectivity index (χ2n) is 5.07. The van der Waals surface area contributed by atoms with E-state index in [2.05, 4.69) is 16.8 Å². The highest BCUT2D eigenvalue weighted by Gasteiger charge is 2.33. The van der Waals surface area contributed by atoms with E-state index in [9.17, 15) is 4.79 Å². The summed E-state index contributed by atoms with van der Waals surface area (Å²) in [6.45, 7) is 0.704. The van der Waals surface area contributed by atoms with E-state index in [1.165, 1.54) is 4.88 Å². The second kappa shape index (κ2) is 6.54. The molecule has 1 aliphatic rings. The lowest BCUT2D eigenvalue weighted by Gasteiger charge is -2.23. The molecule has 1 aliphatic carbocycles. The molecule has 0 unspecified atom stereocenters. The first-order valence-electron chi connectivity index (χ1n) is 7.01. The van der Waals surface area contributed by atoms with Crippen molar-refractivity contribution in [1.82, 2.24) is 4.90 Å². The molecule has 0 spiro atoms. The van der Waals surface area contributed by atoms with Gasteiger partial charge in [-0.3, -0.25) is 0 Å². The van der Waals surface area contributed by atoms with Crippen LogP contribution >= 0.6 is 23.1 Å². The summed E-state index contributed by atoms with van der Waals surface area (Å²) in [6.07, 6.45) is 4.25. The molecule has 3 rings (SSSR count). The fourth-order valence-electron chi connectivity index (χ4n) is 2.26. The summed E-state index contributed by atoms with van der Waals surface area (Å²) in [7, 11) is 0. The van der Waals surface area contributed by atoms with Crippen LogP contribution in [0.3, 0.4) is 0 Å². The third kappa shape index (κ3) is 3.60.